The molecule has 0 aliphatic heterocycles. The first-order chi connectivity index (χ1) is 9.16. The van der Waals surface area contributed by atoms with Crippen molar-refractivity contribution in [3.63, 3.8) is 0 Å². The SMILES string of the molecule is O=[N+]([O-])c1cc(Cl)ccc1NCCC1CCCCC1. The molecule has 1 saturated carbocycles. The van der Waals surface area contributed by atoms with Crippen molar-refractivity contribution in [1.82, 2.24) is 0 Å². The molecule has 4 nitrogen and oxygen atoms in total. The van der Waals surface area contributed by atoms with Crippen LogP contribution in [0.25, 0.3) is 0 Å². The summed E-state index contributed by atoms with van der Waals surface area (Å²) in [4.78, 5) is 10.6. The summed E-state index contributed by atoms with van der Waals surface area (Å²) >= 11 is 5.78. The van der Waals surface area contributed by atoms with Gasteiger partial charge in [0.15, 0.2) is 0 Å². The van der Waals surface area contributed by atoms with Gasteiger partial charge in [-0.1, -0.05) is 43.7 Å². The van der Waals surface area contributed by atoms with Crippen molar-refractivity contribution in [2.24, 2.45) is 5.92 Å². The van der Waals surface area contributed by atoms with Gasteiger partial charge in [0.05, 0.1) is 4.92 Å². The first-order valence-electron chi connectivity index (χ1n) is 6.84. The highest BCUT2D eigenvalue weighted by Gasteiger charge is 2.16. The maximum Gasteiger partial charge on any atom is 0.293 e. The van der Waals surface area contributed by atoms with Gasteiger partial charge in [-0.3, -0.25) is 10.1 Å². The lowest BCUT2D eigenvalue weighted by molar-refractivity contribution is -0.383. The standard InChI is InChI=1S/C14H19ClN2O2/c15-12-6-7-13(14(10-12)17(18)19)16-9-8-11-4-2-1-3-5-11/h6-7,10-11,16H,1-5,8-9H2. The Morgan fingerprint density at radius 1 is 1.32 bits per heavy atom. The van der Waals surface area contributed by atoms with Gasteiger partial charge in [-0.15, -0.1) is 0 Å². The molecule has 0 unspecified atom stereocenters. The highest BCUT2D eigenvalue weighted by Crippen LogP contribution is 2.29. The second kappa shape index (κ2) is 6.75. The molecule has 5 heteroatoms. The van der Waals surface area contributed by atoms with E-state index in [1.807, 2.05) is 0 Å². The molecule has 19 heavy (non-hydrogen) atoms. The van der Waals surface area contributed by atoms with E-state index in [1.54, 1.807) is 12.1 Å². The summed E-state index contributed by atoms with van der Waals surface area (Å²) in [5.41, 5.74) is 0.612. The van der Waals surface area contributed by atoms with Crippen molar-refractivity contribution in [3.8, 4) is 0 Å². The Labute approximate surface area is 118 Å². The minimum absolute atomic E-state index is 0.0520. The molecular weight excluding hydrogens is 264 g/mol. The van der Waals surface area contributed by atoms with Crippen LogP contribution in [0.4, 0.5) is 11.4 Å². The molecule has 0 atom stereocenters. The number of nitrogens with one attached hydrogen (secondary N) is 1. The number of rotatable bonds is 5. The molecule has 1 aliphatic carbocycles. The Hall–Kier alpha value is -1.29. The van der Waals surface area contributed by atoms with Gasteiger partial charge in [-0.2, -0.15) is 0 Å². The van der Waals surface area contributed by atoms with Crippen LogP contribution in [0.15, 0.2) is 18.2 Å². The number of nitro groups is 1. The lowest BCUT2D eigenvalue weighted by Gasteiger charge is -2.21. The van der Waals surface area contributed by atoms with Gasteiger partial charge < -0.3 is 5.32 Å². The Kier molecular flexibility index (Phi) is 5.02. The van der Waals surface area contributed by atoms with E-state index in [4.69, 9.17) is 11.6 Å². The largest absolute Gasteiger partial charge is 0.379 e. The van der Waals surface area contributed by atoms with Crippen LogP contribution in [0, 0.1) is 16.0 Å². The Morgan fingerprint density at radius 3 is 2.74 bits per heavy atom. The molecule has 1 N–H and O–H groups in total. The van der Waals surface area contributed by atoms with E-state index in [0.29, 0.717) is 10.7 Å². The second-order valence-corrected chi connectivity index (χ2v) is 5.57. The molecule has 104 valence electrons. The van der Waals surface area contributed by atoms with Crippen LogP contribution in [0.2, 0.25) is 5.02 Å². The molecule has 0 bridgehead atoms. The number of anilines is 1. The zero-order valence-corrected chi connectivity index (χ0v) is 11.7. The molecule has 0 aromatic heterocycles. The molecule has 1 fully saturated rings. The molecule has 0 radical (unpaired) electrons. The lowest BCUT2D eigenvalue weighted by Crippen LogP contribution is -2.12. The molecule has 0 saturated heterocycles. The molecule has 1 aliphatic rings. The minimum atomic E-state index is -0.394. The van der Waals surface area contributed by atoms with Crippen molar-refractivity contribution in [1.29, 1.82) is 0 Å². The number of nitrogens with zero attached hydrogens (tertiary/aromatic N) is 1. The average molecular weight is 283 g/mol. The summed E-state index contributed by atoms with van der Waals surface area (Å²) in [6.07, 6.45) is 7.68. The molecule has 2 rings (SSSR count). The van der Waals surface area contributed by atoms with Crippen molar-refractivity contribution in [2.75, 3.05) is 11.9 Å². The molecule has 0 amide bonds. The number of hydrogen-bond acceptors (Lipinski definition) is 3. The van der Waals surface area contributed by atoms with E-state index in [-0.39, 0.29) is 5.69 Å². The monoisotopic (exact) mass is 282 g/mol. The second-order valence-electron chi connectivity index (χ2n) is 5.14. The third-order valence-electron chi connectivity index (χ3n) is 3.75. The van der Waals surface area contributed by atoms with E-state index in [1.165, 1.54) is 38.2 Å². The van der Waals surface area contributed by atoms with Gasteiger partial charge in [-0.05, 0) is 24.5 Å². The summed E-state index contributed by atoms with van der Waals surface area (Å²) in [5, 5.41) is 14.5. The molecule has 1 aromatic rings. The van der Waals surface area contributed by atoms with Crippen LogP contribution in [0.5, 0.6) is 0 Å². The van der Waals surface area contributed by atoms with Gasteiger partial charge >= 0.3 is 0 Å². The van der Waals surface area contributed by atoms with Gasteiger partial charge in [0, 0.05) is 17.6 Å². The minimum Gasteiger partial charge on any atom is -0.379 e. The maximum absolute atomic E-state index is 10.9. The van der Waals surface area contributed by atoms with Crippen LogP contribution >= 0.6 is 11.6 Å². The predicted octanol–water partition coefficient (Wildman–Crippen LogP) is 4.63. The highest BCUT2D eigenvalue weighted by molar-refractivity contribution is 6.30. The fraction of sp³-hybridized carbons (Fsp3) is 0.571. The topological polar surface area (TPSA) is 55.2 Å². The fourth-order valence-electron chi connectivity index (χ4n) is 2.69. The van der Waals surface area contributed by atoms with Crippen LogP contribution in [-0.4, -0.2) is 11.5 Å². The summed E-state index contributed by atoms with van der Waals surface area (Å²) in [6, 6.07) is 4.75. The molecule has 0 spiro atoms. The van der Waals surface area contributed by atoms with Crippen LogP contribution in [0.1, 0.15) is 38.5 Å². The van der Waals surface area contributed by atoms with E-state index in [9.17, 15) is 10.1 Å². The first kappa shape index (κ1) is 14.1. The zero-order valence-electron chi connectivity index (χ0n) is 10.9. The molecular formula is C14H19ClN2O2. The van der Waals surface area contributed by atoms with Gasteiger partial charge in [0.2, 0.25) is 0 Å². The van der Waals surface area contributed by atoms with Crippen molar-refractivity contribution < 1.29 is 4.92 Å². The quantitative estimate of drug-likeness (QED) is 0.633. The predicted molar refractivity (Wildman–Crippen MR) is 77.8 cm³/mol. The zero-order chi connectivity index (χ0) is 13.7. The Balaban J connectivity index is 1.89. The number of nitro benzene ring substituents is 1. The highest BCUT2D eigenvalue weighted by atomic mass is 35.5. The van der Waals surface area contributed by atoms with Crippen LogP contribution < -0.4 is 5.32 Å². The Morgan fingerprint density at radius 2 is 2.05 bits per heavy atom. The third-order valence-corrected chi connectivity index (χ3v) is 3.98. The molecule has 0 heterocycles. The first-order valence-corrected chi connectivity index (χ1v) is 7.22. The van der Waals surface area contributed by atoms with Gasteiger partial charge in [0.1, 0.15) is 5.69 Å². The summed E-state index contributed by atoms with van der Waals surface area (Å²) in [7, 11) is 0. The summed E-state index contributed by atoms with van der Waals surface area (Å²) in [5.74, 6) is 0.771. The van der Waals surface area contributed by atoms with Crippen molar-refractivity contribution >= 4 is 23.0 Å². The number of halogens is 1. The smallest absolute Gasteiger partial charge is 0.293 e. The van der Waals surface area contributed by atoms with Crippen LogP contribution in [-0.2, 0) is 0 Å². The van der Waals surface area contributed by atoms with Gasteiger partial charge in [0.25, 0.3) is 5.69 Å². The van der Waals surface area contributed by atoms with E-state index >= 15 is 0 Å². The van der Waals surface area contributed by atoms with Crippen molar-refractivity contribution in [3.05, 3.63) is 33.3 Å². The van der Waals surface area contributed by atoms with E-state index in [2.05, 4.69) is 5.32 Å². The number of hydrogen-bond donors (Lipinski definition) is 1. The Bertz CT molecular complexity index is 445. The number of benzene rings is 1. The molecule has 1 aromatic carbocycles. The summed E-state index contributed by atoms with van der Waals surface area (Å²) < 4.78 is 0. The summed E-state index contributed by atoms with van der Waals surface area (Å²) in [6.45, 7) is 0.785. The fourth-order valence-corrected chi connectivity index (χ4v) is 2.86. The van der Waals surface area contributed by atoms with Crippen molar-refractivity contribution in [2.45, 2.75) is 38.5 Å². The van der Waals surface area contributed by atoms with Crippen LogP contribution in [0.3, 0.4) is 0 Å². The lowest BCUT2D eigenvalue weighted by atomic mass is 9.87. The normalized spacial score (nSPS) is 16.3. The van der Waals surface area contributed by atoms with Gasteiger partial charge in [-0.25, -0.2) is 0 Å². The maximum atomic E-state index is 10.9. The third kappa shape index (κ3) is 4.10. The average Bonchev–Trinajstić information content (AvgIpc) is 2.41. The van der Waals surface area contributed by atoms with E-state index < -0.39 is 4.92 Å². The van der Waals surface area contributed by atoms with E-state index in [0.717, 1.165) is 18.9 Å².